The van der Waals surface area contributed by atoms with Crippen LogP contribution >= 0.6 is 0 Å². The van der Waals surface area contributed by atoms with E-state index < -0.39 is 0 Å². The summed E-state index contributed by atoms with van der Waals surface area (Å²) in [5.41, 5.74) is 4.00. The molecule has 0 bridgehead atoms. The number of carbonyl (C=O) groups excluding carboxylic acids is 1. The molecule has 0 spiro atoms. The maximum absolute atomic E-state index is 12.5. The summed E-state index contributed by atoms with van der Waals surface area (Å²) in [6.07, 6.45) is 3.02. The molecule has 0 unspecified atom stereocenters. The van der Waals surface area contributed by atoms with Gasteiger partial charge in [0.25, 0.3) is 0 Å². The minimum absolute atomic E-state index is 0.155. The van der Waals surface area contributed by atoms with Crippen molar-refractivity contribution in [3.8, 4) is 0 Å². The second-order valence-corrected chi connectivity index (χ2v) is 5.23. The Morgan fingerprint density at radius 2 is 1.81 bits per heavy atom. The molecule has 2 aromatic carbocycles. The van der Waals surface area contributed by atoms with Gasteiger partial charge >= 0.3 is 0 Å². The van der Waals surface area contributed by atoms with E-state index in [1.807, 2.05) is 42.5 Å². The average molecular weight is 275 g/mol. The number of hydrogen-bond acceptors (Lipinski definition) is 2. The minimum Gasteiger partial charge on any atom is -0.294 e. The lowest BCUT2D eigenvalue weighted by Gasteiger charge is -2.07. The lowest BCUT2D eigenvalue weighted by Crippen LogP contribution is -2.03. The molecule has 0 amide bonds. The quantitative estimate of drug-likeness (QED) is 0.662. The summed E-state index contributed by atoms with van der Waals surface area (Å²) in [6, 6.07) is 17.9. The van der Waals surface area contributed by atoms with E-state index in [1.165, 1.54) is 11.1 Å². The van der Waals surface area contributed by atoms with Crippen molar-refractivity contribution < 1.29 is 4.79 Å². The van der Waals surface area contributed by atoms with Gasteiger partial charge in [-0.25, -0.2) is 0 Å². The SMILES string of the molecule is Cc1ccccc1CCC(=O)c1cccc2cccnc12. The first-order chi connectivity index (χ1) is 10.3. The van der Waals surface area contributed by atoms with Crippen LogP contribution in [0.5, 0.6) is 0 Å². The Bertz CT molecular complexity index is 787. The Balaban J connectivity index is 1.83. The fourth-order valence-corrected chi connectivity index (χ4v) is 2.60. The van der Waals surface area contributed by atoms with Gasteiger partial charge in [0, 0.05) is 23.6 Å². The molecule has 0 aliphatic rings. The number of hydrogen-bond donors (Lipinski definition) is 0. The standard InChI is InChI=1S/C19H17NO/c1-14-6-2-3-7-15(14)11-12-18(21)17-10-4-8-16-9-5-13-20-19(16)17/h2-10,13H,11-12H2,1H3. The van der Waals surface area contributed by atoms with Gasteiger partial charge in [0.1, 0.15) is 0 Å². The first-order valence-corrected chi connectivity index (χ1v) is 7.17. The van der Waals surface area contributed by atoms with Gasteiger partial charge in [-0.3, -0.25) is 9.78 Å². The van der Waals surface area contributed by atoms with E-state index in [4.69, 9.17) is 0 Å². The van der Waals surface area contributed by atoms with Crippen LogP contribution in [-0.2, 0) is 6.42 Å². The van der Waals surface area contributed by atoms with Gasteiger partial charge in [0.05, 0.1) is 5.52 Å². The number of pyridine rings is 1. The molecule has 0 N–H and O–H groups in total. The largest absolute Gasteiger partial charge is 0.294 e. The van der Waals surface area contributed by atoms with E-state index in [-0.39, 0.29) is 5.78 Å². The van der Waals surface area contributed by atoms with E-state index in [0.717, 1.165) is 22.9 Å². The molecule has 0 saturated heterocycles. The summed E-state index contributed by atoms with van der Waals surface area (Å²) < 4.78 is 0. The molecule has 1 heterocycles. The maximum atomic E-state index is 12.5. The Morgan fingerprint density at radius 1 is 1.00 bits per heavy atom. The summed E-state index contributed by atoms with van der Waals surface area (Å²) in [6.45, 7) is 2.08. The van der Waals surface area contributed by atoms with Crippen molar-refractivity contribution in [2.75, 3.05) is 0 Å². The molecule has 0 aliphatic heterocycles. The van der Waals surface area contributed by atoms with E-state index in [2.05, 4.69) is 24.0 Å². The van der Waals surface area contributed by atoms with Crippen LogP contribution in [0.25, 0.3) is 10.9 Å². The summed E-state index contributed by atoms with van der Waals surface area (Å²) in [5, 5.41) is 1.01. The number of ketones is 1. The van der Waals surface area contributed by atoms with Crippen LogP contribution in [0.1, 0.15) is 27.9 Å². The molecular weight excluding hydrogens is 258 g/mol. The van der Waals surface area contributed by atoms with Crippen molar-refractivity contribution in [2.24, 2.45) is 0 Å². The Labute approximate surface area is 124 Å². The third kappa shape index (κ3) is 2.84. The predicted molar refractivity (Wildman–Crippen MR) is 85.6 cm³/mol. The number of para-hydroxylation sites is 1. The number of aryl methyl sites for hydroxylation is 2. The molecule has 104 valence electrons. The Morgan fingerprint density at radius 3 is 2.67 bits per heavy atom. The first-order valence-electron chi connectivity index (χ1n) is 7.17. The maximum Gasteiger partial charge on any atom is 0.165 e. The molecule has 0 radical (unpaired) electrons. The van der Waals surface area contributed by atoms with Crippen LogP contribution in [0.2, 0.25) is 0 Å². The third-order valence-corrected chi connectivity index (χ3v) is 3.82. The van der Waals surface area contributed by atoms with Crippen molar-refractivity contribution in [2.45, 2.75) is 19.8 Å². The van der Waals surface area contributed by atoms with Crippen molar-refractivity contribution in [3.63, 3.8) is 0 Å². The van der Waals surface area contributed by atoms with Gasteiger partial charge < -0.3 is 0 Å². The zero-order valence-electron chi connectivity index (χ0n) is 12.0. The zero-order chi connectivity index (χ0) is 14.7. The fourth-order valence-electron chi connectivity index (χ4n) is 2.60. The number of nitrogens with zero attached hydrogens (tertiary/aromatic N) is 1. The van der Waals surface area contributed by atoms with Crippen molar-refractivity contribution >= 4 is 16.7 Å². The van der Waals surface area contributed by atoms with Crippen molar-refractivity contribution in [1.29, 1.82) is 0 Å². The molecule has 2 nitrogen and oxygen atoms in total. The molecule has 0 atom stereocenters. The number of rotatable bonds is 4. The molecule has 0 saturated carbocycles. The Kier molecular flexibility index (Phi) is 3.78. The highest BCUT2D eigenvalue weighted by Gasteiger charge is 2.11. The second kappa shape index (κ2) is 5.88. The van der Waals surface area contributed by atoms with Crippen LogP contribution in [-0.4, -0.2) is 10.8 Å². The van der Waals surface area contributed by atoms with Gasteiger partial charge in [-0.1, -0.05) is 42.5 Å². The van der Waals surface area contributed by atoms with E-state index in [0.29, 0.717) is 6.42 Å². The topological polar surface area (TPSA) is 30.0 Å². The fraction of sp³-hybridized carbons (Fsp3) is 0.158. The van der Waals surface area contributed by atoms with Crippen LogP contribution in [0.15, 0.2) is 60.8 Å². The molecule has 3 aromatic rings. The molecule has 3 rings (SSSR count). The molecule has 2 heteroatoms. The van der Waals surface area contributed by atoms with E-state index in [9.17, 15) is 4.79 Å². The van der Waals surface area contributed by atoms with Crippen LogP contribution in [0, 0.1) is 6.92 Å². The third-order valence-electron chi connectivity index (χ3n) is 3.82. The van der Waals surface area contributed by atoms with E-state index >= 15 is 0 Å². The lowest BCUT2D eigenvalue weighted by atomic mass is 9.98. The molecular formula is C19H17NO. The molecule has 0 fully saturated rings. The number of carbonyl (C=O) groups is 1. The second-order valence-electron chi connectivity index (χ2n) is 5.23. The summed E-state index contributed by atoms with van der Waals surface area (Å²) in [4.78, 5) is 16.9. The highest BCUT2D eigenvalue weighted by Crippen LogP contribution is 2.19. The zero-order valence-corrected chi connectivity index (χ0v) is 12.0. The van der Waals surface area contributed by atoms with Crippen LogP contribution in [0.3, 0.4) is 0 Å². The van der Waals surface area contributed by atoms with Gasteiger partial charge in [0.15, 0.2) is 5.78 Å². The monoisotopic (exact) mass is 275 g/mol. The molecule has 0 aliphatic carbocycles. The number of Topliss-reactive ketones (excluding diaryl/α,β-unsaturated/α-hetero) is 1. The highest BCUT2D eigenvalue weighted by molar-refractivity contribution is 6.06. The van der Waals surface area contributed by atoms with Crippen molar-refractivity contribution in [3.05, 3.63) is 77.5 Å². The lowest BCUT2D eigenvalue weighted by molar-refractivity contribution is 0.0984. The summed E-state index contributed by atoms with van der Waals surface area (Å²) >= 11 is 0. The van der Waals surface area contributed by atoms with Gasteiger partial charge in [0.2, 0.25) is 0 Å². The van der Waals surface area contributed by atoms with Gasteiger partial charge in [-0.05, 0) is 36.6 Å². The smallest absolute Gasteiger partial charge is 0.165 e. The summed E-state index contributed by atoms with van der Waals surface area (Å²) in [5.74, 6) is 0.155. The molecule has 21 heavy (non-hydrogen) atoms. The van der Waals surface area contributed by atoms with Gasteiger partial charge in [-0.15, -0.1) is 0 Å². The number of benzene rings is 2. The Hall–Kier alpha value is -2.48. The van der Waals surface area contributed by atoms with Crippen LogP contribution in [0.4, 0.5) is 0 Å². The number of fused-ring (bicyclic) bond motifs is 1. The first kappa shape index (κ1) is 13.5. The van der Waals surface area contributed by atoms with Crippen molar-refractivity contribution in [1.82, 2.24) is 4.98 Å². The normalized spacial score (nSPS) is 10.7. The minimum atomic E-state index is 0.155. The summed E-state index contributed by atoms with van der Waals surface area (Å²) in [7, 11) is 0. The van der Waals surface area contributed by atoms with Gasteiger partial charge in [-0.2, -0.15) is 0 Å². The van der Waals surface area contributed by atoms with E-state index in [1.54, 1.807) is 6.20 Å². The highest BCUT2D eigenvalue weighted by atomic mass is 16.1. The average Bonchev–Trinajstić information content (AvgIpc) is 2.53. The predicted octanol–water partition coefficient (Wildman–Crippen LogP) is 4.36. The van der Waals surface area contributed by atoms with Crippen LogP contribution < -0.4 is 0 Å². The molecule has 1 aromatic heterocycles. The number of aromatic nitrogens is 1.